The molecule has 0 bridgehead atoms. The van der Waals surface area contributed by atoms with Crippen LogP contribution in [0.1, 0.15) is 15.9 Å². The minimum absolute atomic E-state index is 0.133. The van der Waals surface area contributed by atoms with Gasteiger partial charge in [0.1, 0.15) is 0 Å². The van der Waals surface area contributed by atoms with E-state index in [4.69, 9.17) is 5.11 Å². The molecule has 0 aromatic heterocycles. The first-order valence-corrected chi connectivity index (χ1v) is 8.46. The molecule has 0 atom stereocenters. The maximum absolute atomic E-state index is 15.0. The highest BCUT2D eigenvalue weighted by Gasteiger charge is 2.28. The summed E-state index contributed by atoms with van der Waals surface area (Å²) in [7, 11) is 0. The third-order valence-electron chi connectivity index (χ3n) is 3.53. The van der Waals surface area contributed by atoms with Crippen LogP contribution in [-0.4, -0.2) is 34.3 Å². The molecule has 0 aliphatic rings. The smallest absolute Gasteiger partial charge is 0.338 e. The fraction of sp³-hybridized carbons (Fsp3) is 0.188. The van der Waals surface area contributed by atoms with Crippen LogP contribution in [0.2, 0.25) is 0 Å². The van der Waals surface area contributed by atoms with Gasteiger partial charge >= 0.3 is 5.97 Å². The fourth-order valence-electron chi connectivity index (χ4n) is 2.32. The molecular weight excluding hydrogens is 460 g/mol. The molecule has 2 aromatic carbocycles. The molecule has 10 heteroatoms. The Labute approximate surface area is 161 Å². The highest BCUT2D eigenvalue weighted by atomic mass is 127. The van der Waals surface area contributed by atoms with E-state index in [1.165, 1.54) is 0 Å². The number of aromatic carboxylic acids is 1. The van der Waals surface area contributed by atoms with Crippen molar-refractivity contribution >= 4 is 51.3 Å². The predicted octanol–water partition coefficient (Wildman–Crippen LogP) is 3.49. The molecular formula is C16H15FIN3O5. The third kappa shape index (κ3) is 4.19. The summed E-state index contributed by atoms with van der Waals surface area (Å²) >= 11 is 2.10. The number of aliphatic hydroxyl groups is 1. The number of halogens is 2. The van der Waals surface area contributed by atoms with Gasteiger partial charge < -0.3 is 20.8 Å². The lowest BCUT2D eigenvalue weighted by molar-refractivity contribution is -0.384. The molecule has 0 spiro atoms. The number of hydrogen-bond acceptors (Lipinski definition) is 6. The van der Waals surface area contributed by atoms with E-state index in [0.29, 0.717) is 5.69 Å². The van der Waals surface area contributed by atoms with E-state index in [1.54, 1.807) is 19.1 Å². The van der Waals surface area contributed by atoms with Crippen molar-refractivity contribution < 1.29 is 24.3 Å². The first-order chi connectivity index (χ1) is 12.3. The van der Waals surface area contributed by atoms with Gasteiger partial charge in [-0.15, -0.1) is 0 Å². The second-order valence-electron chi connectivity index (χ2n) is 5.30. The number of nitro groups is 1. The number of nitrogens with one attached hydrogen (secondary N) is 2. The Morgan fingerprint density at radius 3 is 2.58 bits per heavy atom. The Morgan fingerprint density at radius 1 is 1.35 bits per heavy atom. The van der Waals surface area contributed by atoms with Crippen LogP contribution in [-0.2, 0) is 0 Å². The van der Waals surface area contributed by atoms with Crippen LogP contribution < -0.4 is 10.6 Å². The molecule has 0 saturated carbocycles. The molecule has 138 valence electrons. The summed E-state index contributed by atoms with van der Waals surface area (Å²) in [5.74, 6) is -2.62. The Kier molecular flexibility index (Phi) is 6.32. The molecule has 0 unspecified atom stereocenters. The molecule has 0 aliphatic carbocycles. The Bertz CT molecular complexity index is 875. The summed E-state index contributed by atoms with van der Waals surface area (Å²) in [5.41, 5.74) is -0.961. The van der Waals surface area contributed by atoms with Gasteiger partial charge in [-0.05, 0) is 53.3 Å². The van der Waals surface area contributed by atoms with Gasteiger partial charge in [-0.2, -0.15) is 0 Å². The Balaban J connectivity index is 2.65. The van der Waals surface area contributed by atoms with Crippen LogP contribution in [0.4, 0.5) is 27.1 Å². The standard InChI is InChI=1S/C16H15FIN3O5/c1-8-6-9(18)2-3-11(8)20-14-10(16(23)24)7-12(21(25)26)15(13(14)17)19-4-5-22/h2-3,6-7,19-20,22H,4-5H2,1H3,(H,23,24). The number of nitrogens with zero attached hydrogens (tertiary/aromatic N) is 1. The average molecular weight is 475 g/mol. The quantitative estimate of drug-likeness (QED) is 0.275. The number of carbonyl (C=O) groups is 1. The van der Waals surface area contributed by atoms with Crippen molar-refractivity contribution in [3.63, 3.8) is 0 Å². The molecule has 0 aliphatic heterocycles. The molecule has 26 heavy (non-hydrogen) atoms. The zero-order chi connectivity index (χ0) is 19.4. The lowest BCUT2D eigenvalue weighted by Crippen LogP contribution is -2.13. The number of aryl methyl sites for hydroxylation is 1. The molecule has 2 rings (SSSR count). The van der Waals surface area contributed by atoms with Crippen LogP contribution in [0.5, 0.6) is 0 Å². The zero-order valence-electron chi connectivity index (χ0n) is 13.5. The van der Waals surface area contributed by atoms with E-state index in [0.717, 1.165) is 15.2 Å². The molecule has 8 nitrogen and oxygen atoms in total. The van der Waals surface area contributed by atoms with Crippen LogP contribution >= 0.6 is 22.6 Å². The lowest BCUT2D eigenvalue weighted by atomic mass is 10.1. The number of carboxylic acid groups (broad SMARTS) is 1. The van der Waals surface area contributed by atoms with E-state index in [-0.39, 0.29) is 13.2 Å². The van der Waals surface area contributed by atoms with Gasteiger partial charge in [-0.3, -0.25) is 10.1 Å². The number of rotatable bonds is 7. The Morgan fingerprint density at radius 2 is 2.04 bits per heavy atom. The molecule has 0 saturated heterocycles. The van der Waals surface area contributed by atoms with Crippen LogP contribution in [0.15, 0.2) is 24.3 Å². The summed E-state index contributed by atoms with van der Waals surface area (Å²) in [6, 6.07) is 6.02. The van der Waals surface area contributed by atoms with Crippen molar-refractivity contribution in [3.05, 3.63) is 54.9 Å². The number of nitro benzene ring substituents is 1. The molecule has 0 heterocycles. The van der Waals surface area contributed by atoms with E-state index in [9.17, 15) is 24.4 Å². The number of hydrogen-bond donors (Lipinski definition) is 4. The largest absolute Gasteiger partial charge is 0.478 e. The zero-order valence-corrected chi connectivity index (χ0v) is 15.7. The Hall–Kier alpha value is -2.47. The second-order valence-corrected chi connectivity index (χ2v) is 6.55. The van der Waals surface area contributed by atoms with Crippen molar-refractivity contribution in [1.82, 2.24) is 0 Å². The van der Waals surface area contributed by atoms with Gasteiger partial charge in [0.05, 0.1) is 22.8 Å². The van der Waals surface area contributed by atoms with E-state index < -0.39 is 39.3 Å². The van der Waals surface area contributed by atoms with Crippen LogP contribution in [0.3, 0.4) is 0 Å². The highest BCUT2D eigenvalue weighted by molar-refractivity contribution is 14.1. The van der Waals surface area contributed by atoms with Gasteiger partial charge in [0, 0.05) is 21.9 Å². The minimum atomic E-state index is -1.51. The van der Waals surface area contributed by atoms with Gasteiger partial charge in [0.25, 0.3) is 5.69 Å². The van der Waals surface area contributed by atoms with Crippen molar-refractivity contribution in [2.24, 2.45) is 0 Å². The normalized spacial score (nSPS) is 10.5. The van der Waals surface area contributed by atoms with Crippen molar-refractivity contribution in [1.29, 1.82) is 0 Å². The molecule has 0 radical (unpaired) electrons. The topological polar surface area (TPSA) is 125 Å². The predicted molar refractivity (Wildman–Crippen MR) is 103 cm³/mol. The van der Waals surface area contributed by atoms with Gasteiger partial charge in [-0.1, -0.05) is 0 Å². The first-order valence-electron chi connectivity index (χ1n) is 7.38. The van der Waals surface area contributed by atoms with Gasteiger partial charge in [0.2, 0.25) is 0 Å². The fourth-order valence-corrected chi connectivity index (χ4v) is 2.97. The van der Waals surface area contributed by atoms with Gasteiger partial charge in [-0.25, -0.2) is 9.18 Å². The summed E-state index contributed by atoms with van der Waals surface area (Å²) in [5, 5.41) is 34.6. The number of aliphatic hydroxyl groups excluding tert-OH is 1. The molecule has 0 fully saturated rings. The molecule has 2 aromatic rings. The van der Waals surface area contributed by atoms with Crippen molar-refractivity contribution in [2.45, 2.75) is 6.92 Å². The minimum Gasteiger partial charge on any atom is -0.478 e. The summed E-state index contributed by atoms with van der Waals surface area (Å²) in [6.45, 7) is 1.25. The monoisotopic (exact) mass is 475 g/mol. The van der Waals surface area contributed by atoms with Crippen molar-refractivity contribution in [3.8, 4) is 0 Å². The number of carboxylic acids is 1. The van der Waals surface area contributed by atoms with Gasteiger partial charge in [0.15, 0.2) is 11.5 Å². The molecule has 0 amide bonds. The van der Waals surface area contributed by atoms with E-state index >= 15 is 0 Å². The highest BCUT2D eigenvalue weighted by Crippen LogP contribution is 2.37. The lowest BCUT2D eigenvalue weighted by Gasteiger charge is -2.16. The first kappa shape index (κ1) is 19.8. The number of benzene rings is 2. The number of anilines is 3. The second kappa shape index (κ2) is 8.27. The average Bonchev–Trinajstić information content (AvgIpc) is 2.56. The van der Waals surface area contributed by atoms with Crippen molar-refractivity contribution in [2.75, 3.05) is 23.8 Å². The third-order valence-corrected chi connectivity index (χ3v) is 4.21. The van der Waals surface area contributed by atoms with E-state index in [1.807, 2.05) is 6.07 Å². The van der Waals surface area contributed by atoms with E-state index in [2.05, 4.69) is 33.2 Å². The summed E-state index contributed by atoms with van der Waals surface area (Å²) in [6.07, 6.45) is 0. The van der Waals surface area contributed by atoms with Crippen LogP contribution in [0, 0.1) is 26.4 Å². The SMILES string of the molecule is Cc1cc(I)ccc1Nc1c(C(=O)O)cc([N+](=O)[O-])c(NCCO)c1F. The maximum Gasteiger partial charge on any atom is 0.338 e. The van der Waals surface area contributed by atoms with Crippen LogP contribution in [0.25, 0.3) is 0 Å². The summed E-state index contributed by atoms with van der Waals surface area (Å²) < 4.78 is 15.9. The summed E-state index contributed by atoms with van der Waals surface area (Å²) in [4.78, 5) is 21.8. The molecule has 4 N–H and O–H groups in total. The maximum atomic E-state index is 15.0.